The number of halogens is 2. The van der Waals surface area contributed by atoms with Crippen molar-refractivity contribution in [3.63, 3.8) is 0 Å². The summed E-state index contributed by atoms with van der Waals surface area (Å²) in [5.41, 5.74) is 2.14. The summed E-state index contributed by atoms with van der Waals surface area (Å²) in [5.74, 6) is 0. The number of benzene rings is 1. The molecule has 0 bridgehead atoms. The van der Waals surface area contributed by atoms with E-state index in [9.17, 15) is 0 Å². The van der Waals surface area contributed by atoms with Gasteiger partial charge in [-0.2, -0.15) is 0 Å². The molecule has 2 N–H and O–H groups in total. The Labute approximate surface area is 100.0 Å². The highest BCUT2D eigenvalue weighted by Crippen LogP contribution is 2.37. The van der Waals surface area contributed by atoms with Gasteiger partial charge in [-0.15, -0.1) is 0 Å². The first kappa shape index (κ1) is 10.9. The van der Waals surface area contributed by atoms with Crippen LogP contribution >= 0.6 is 23.2 Å². The fraction of sp³-hybridized carbons (Fsp3) is 0.455. The Hall–Kier alpha value is -0.600. The molecule has 0 radical (unpaired) electrons. The van der Waals surface area contributed by atoms with Crippen LogP contribution in [-0.2, 0) is 0 Å². The van der Waals surface area contributed by atoms with Crippen molar-refractivity contribution in [1.29, 1.82) is 0 Å². The SMILES string of the molecule is CCC1(C)CNc2cc(Cl)c(Cl)cc2N1. The summed E-state index contributed by atoms with van der Waals surface area (Å²) in [7, 11) is 0. The molecule has 82 valence electrons. The van der Waals surface area contributed by atoms with Crippen molar-refractivity contribution in [3.05, 3.63) is 22.2 Å². The van der Waals surface area contributed by atoms with Gasteiger partial charge in [-0.05, 0) is 25.5 Å². The van der Waals surface area contributed by atoms with Crippen LogP contribution in [0.25, 0.3) is 0 Å². The van der Waals surface area contributed by atoms with E-state index in [1.807, 2.05) is 12.1 Å². The quantitative estimate of drug-likeness (QED) is 0.781. The van der Waals surface area contributed by atoms with Gasteiger partial charge in [-0.25, -0.2) is 0 Å². The molecule has 1 unspecified atom stereocenters. The summed E-state index contributed by atoms with van der Waals surface area (Å²) in [4.78, 5) is 0. The summed E-state index contributed by atoms with van der Waals surface area (Å²) in [6.45, 7) is 5.25. The monoisotopic (exact) mass is 244 g/mol. The minimum Gasteiger partial charge on any atom is -0.381 e. The molecule has 0 amide bonds. The molecule has 15 heavy (non-hydrogen) atoms. The fourth-order valence-corrected chi connectivity index (χ4v) is 2.00. The van der Waals surface area contributed by atoms with Crippen molar-refractivity contribution in [2.24, 2.45) is 0 Å². The normalized spacial score (nSPS) is 24.0. The van der Waals surface area contributed by atoms with Crippen LogP contribution in [0.15, 0.2) is 12.1 Å². The molecular weight excluding hydrogens is 231 g/mol. The molecule has 0 saturated carbocycles. The van der Waals surface area contributed by atoms with E-state index in [1.54, 1.807) is 0 Å². The van der Waals surface area contributed by atoms with Gasteiger partial charge < -0.3 is 10.6 Å². The Balaban J connectivity index is 2.38. The highest BCUT2D eigenvalue weighted by atomic mass is 35.5. The third-order valence-electron chi connectivity index (χ3n) is 2.95. The van der Waals surface area contributed by atoms with Gasteiger partial charge in [0.2, 0.25) is 0 Å². The molecule has 0 aromatic heterocycles. The van der Waals surface area contributed by atoms with Gasteiger partial charge in [0.25, 0.3) is 0 Å². The van der Waals surface area contributed by atoms with Gasteiger partial charge in [0.15, 0.2) is 0 Å². The molecule has 2 rings (SSSR count). The molecular formula is C11H14Cl2N2. The standard InChI is InChI=1S/C11H14Cl2N2/c1-3-11(2)6-14-9-4-7(12)8(13)5-10(9)15-11/h4-5,14-15H,3,6H2,1-2H3. The van der Waals surface area contributed by atoms with Crippen LogP contribution < -0.4 is 10.6 Å². The topological polar surface area (TPSA) is 24.1 Å². The van der Waals surface area contributed by atoms with E-state index < -0.39 is 0 Å². The van der Waals surface area contributed by atoms with Crippen molar-refractivity contribution < 1.29 is 0 Å². The number of hydrogen-bond donors (Lipinski definition) is 2. The van der Waals surface area contributed by atoms with Gasteiger partial charge in [0, 0.05) is 6.54 Å². The van der Waals surface area contributed by atoms with Gasteiger partial charge in [-0.3, -0.25) is 0 Å². The minimum atomic E-state index is 0.0875. The number of nitrogens with one attached hydrogen (secondary N) is 2. The minimum absolute atomic E-state index is 0.0875. The van der Waals surface area contributed by atoms with Crippen molar-refractivity contribution in [2.45, 2.75) is 25.8 Å². The molecule has 1 heterocycles. The maximum atomic E-state index is 5.98. The molecule has 1 aliphatic rings. The maximum Gasteiger partial charge on any atom is 0.0614 e. The smallest absolute Gasteiger partial charge is 0.0614 e. The third-order valence-corrected chi connectivity index (χ3v) is 3.67. The molecule has 4 heteroatoms. The average molecular weight is 245 g/mol. The highest BCUT2D eigenvalue weighted by Gasteiger charge is 2.27. The molecule has 1 atom stereocenters. The fourth-order valence-electron chi connectivity index (χ4n) is 1.67. The van der Waals surface area contributed by atoms with Crippen LogP contribution in [0.3, 0.4) is 0 Å². The van der Waals surface area contributed by atoms with Crippen molar-refractivity contribution in [3.8, 4) is 0 Å². The van der Waals surface area contributed by atoms with Gasteiger partial charge in [0.1, 0.15) is 0 Å². The first-order valence-corrected chi connectivity index (χ1v) is 5.81. The van der Waals surface area contributed by atoms with Crippen LogP contribution in [0, 0.1) is 0 Å². The Morgan fingerprint density at radius 1 is 1.27 bits per heavy atom. The Kier molecular flexibility index (Phi) is 2.73. The molecule has 1 aromatic rings. The van der Waals surface area contributed by atoms with Crippen LogP contribution in [0.5, 0.6) is 0 Å². The first-order valence-electron chi connectivity index (χ1n) is 5.05. The number of fused-ring (bicyclic) bond motifs is 1. The molecule has 1 aromatic carbocycles. The van der Waals surface area contributed by atoms with Gasteiger partial charge >= 0.3 is 0 Å². The van der Waals surface area contributed by atoms with Crippen LogP contribution in [0.4, 0.5) is 11.4 Å². The maximum absolute atomic E-state index is 5.98. The highest BCUT2D eigenvalue weighted by molar-refractivity contribution is 6.42. The molecule has 2 nitrogen and oxygen atoms in total. The van der Waals surface area contributed by atoms with Gasteiger partial charge in [0.05, 0.1) is 27.0 Å². The van der Waals surface area contributed by atoms with E-state index in [-0.39, 0.29) is 5.54 Å². The second-order valence-electron chi connectivity index (χ2n) is 4.20. The Morgan fingerprint density at radius 3 is 2.47 bits per heavy atom. The zero-order chi connectivity index (χ0) is 11.1. The van der Waals surface area contributed by atoms with Gasteiger partial charge in [-0.1, -0.05) is 30.1 Å². The lowest BCUT2D eigenvalue weighted by molar-refractivity contribution is 0.514. The average Bonchev–Trinajstić information content (AvgIpc) is 2.21. The number of hydrogen-bond acceptors (Lipinski definition) is 2. The zero-order valence-corrected chi connectivity index (χ0v) is 10.3. The van der Waals surface area contributed by atoms with Crippen molar-refractivity contribution in [2.75, 3.05) is 17.2 Å². The molecule has 0 aliphatic carbocycles. The van der Waals surface area contributed by atoms with Crippen LogP contribution in [-0.4, -0.2) is 12.1 Å². The number of anilines is 2. The lowest BCUT2D eigenvalue weighted by Crippen LogP contribution is -2.44. The second-order valence-corrected chi connectivity index (χ2v) is 5.02. The van der Waals surface area contributed by atoms with E-state index >= 15 is 0 Å². The number of rotatable bonds is 1. The summed E-state index contributed by atoms with van der Waals surface area (Å²) in [5, 5.41) is 8.03. The van der Waals surface area contributed by atoms with E-state index in [4.69, 9.17) is 23.2 Å². The third kappa shape index (κ3) is 2.01. The predicted molar refractivity (Wildman–Crippen MR) is 67.3 cm³/mol. The second kappa shape index (κ2) is 3.76. The summed E-state index contributed by atoms with van der Waals surface area (Å²) in [6, 6.07) is 3.74. The zero-order valence-electron chi connectivity index (χ0n) is 8.82. The van der Waals surface area contributed by atoms with Crippen LogP contribution in [0.2, 0.25) is 10.0 Å². The van der Waals surface area contributed by atoms with E-state index in [0.29, 0.717) is 10.0 Å². The molecule has 1 aliphatic heterocycles. The predicted octanol–water partition coefficient (Wildman–Crippen LogP) is 4.00. The lowest BCUT2D eigenvalue weighted by Gasteiger charge is -2.37. The Morgan fingerprint density at radius 2 is 1.87 bits per heavy atom. The van der Waals surface area contributed by atoms with E-state index in [0.717, 1.165) is 24.3 Å². The summed E-state index contributed by atoms with van der Waals surface area (Å²) in [6.07, 6.45) is 1.06. The lowest BCUT2D eigenvalue weighted by atomic mass is 9.95. The molecule has 0 fully saturated rings. The van der Waals surface area contributed by atoms with Crippen molar-refractivity contribution >= 4 is 34.6 Å². The summed E-state index contributed by atoms with van der Waals surface area (Å²) >= 11 is 11.9. The molecule has 0 saturated heterocycles. The van der Waals surface area contributed by atoms with Crippen molar-refractivity contribution in [1.82, 2.24) is 0 Å². The first-order chi connectivity index (χ1) is 7.04. The Bertz CT molecular complexity index is 392. The largest absolute Gasteiger partial charge is 0.381 e. The van der Waals surface area contributed by atoms with E-state index in [2.05, 4.69) is 24.5 Å². The van der Waals surface area contributed by atoms with Crippen LogP contribution in [0.1, 0.15) is 20.3 Å². The molecule has 0 spiro atoms. The van der Waals surface area contributed by atoms with E-state index in [1.165, 1.54) is 0 Å². The summed E-state index contributed by atoms with van der Waals surface area (Å²) < 4.78 is 0.